The van der Waals surface area contributed by atoms with Crippen LogP contribution in [0.3, 0.4) is 0 Å². The van der Waals surface area contributed by atoms with E-state index in [1.807, 2.05) is 13.0 Å². The van der Waals surface area contributed by atoms with Gasteiger partial charge in [0.05, 0.1) is 23.3 Å². The molecule has 2 aromatic heterocycles. The molecule has 0 amide bonds. The van der Waals surface area contributed by atoms with Gasteiger partial charge in [-0.25, -0.2) is 9.37 Å². The maximum absolute atomic E-state index is 14.7. The number of fused-ring (bicyclic) bond motifs is 2. The molecule has 2 aliphatic heterocycles. The van der Waals surface area contributed by atoms with Gasteiger partial charge in [0.25, 0.3) is 0 Å². The second-order valence-corrected chi connectivity index (χ2v) is 8.27. The van der Waals surface area contributed by atoms with Gasteiger partial charge in [0.2, 0.25) is 5.88 Å². The number of phenolic OH excluding ortho intramolecular Hbond substituents is 1. The van der Waals surface area contributed by atoms with Crippen LogP contribution in [0.5, 0.6) is 11.6 Å². The number of aromatic hydroxyl groups is 1. The molecule has 0 radical (unpaired) electrons. The fourth-order valence-electron chi connectivity index (χ4n) is 4.47. The minimum Gasteiger partial charge on any atom is -0.507 e. The van der Waals surface area contributed by atoms with E-state index in [0.29, 0.717) is 35.3 Å². The lowest BCUT2D eigenvalue weighted by molar-refractivity contribution is 0.00652. The second kappa shape index (κ2) is 8.19. The molecular weight excluding hydrogens is 397 g/mol. The van der Waals surface area contributed by atoms with E-state index < -0.39 is 12.3 Å². The average molecular weight is 421 g/mol. The number of ether oxygens (including phenoxy) is 1. The summed E-state index contributed by atoms with van der Waals surface area (Å²) >= 11 is 0. The molecule has 31 heavy (non-hydrogen) atoms. The number of hydrogen-bond acceptors (Lipinski definition) is 7. The summed E-state index contributed by atoms with van der Waals surface area (Å²) in [5.74, 6) is 0.362. The van der Waals surface area contributed by atoms with Gasteiger partial charge in [0, 0.05) is 41.9 Å². The Hall–Kier alpha value is -3.13. The molecular formula is C23H24FN5O2. The first-order chi connectivity index (χ1) is 15.1. The third kappa shape index (κ3) is 4.07. The van der Waals surface area contributed by atoms with Crippen LogP contribution < -0.4 is 10.1 Å². The number of benzene rings is 1. The van der Waals surface area contributed by atoms with E-state index in [0.717, 1.165) is 30.5 Å². The van der Waals surface area contributed by atoms with Crippen molar-refractivity contribution in [1.82, 2.24) is 25.5 Å². The highest BCUT2D eigenvalue weighted by molar-refractivity contribution is 5.72. The molecule has 4 atom stereocenters. The number of aromatic nitrogens is 4. The van der Waals surface area contributed by atoms with E-state index >= 15 is 0 Å². The minimum atomic E-state index is -1.06. The Morgan fingerprint density at radius 2 is 2.00 bits per heavy atom. The summed E-state index contributed by atoms with van der Waals surface area (Å²) in [6.45, 7) is 1.87. The Morgan fingerprint density at radius 1 is 1.10 bits per heavy atom. The summed E-state index contributed by atoms with van der Waals surface area (Å²) in [5.41, 5.74) is 3.30. The molecule has 2 bridgehead atoms. The van der Waals surface area contributed by atoms with Gasteiger partial charge in [-0.3, -0.25) is 4.98 Å². The molecule has 2 fully saturated rings. The van der Waals surface area contributed by atoms with Crippen molar-refractivity contribution in [3.8, 4) is 34.1 Å². The molecule has 160 valence electrons. The van der Waals surface area contributed by atoms with Crippen LogP contribution in [0.1, 0.15) is 31.4 Å². The zero-order valence-corrected chi connectivity index (χ0v) is 17.2. The van der Waals surface area contributed by atoms with Crippen LogP contribution in [0.25, 0.3) is 22.5 Å². The molecule has 2 aliphatic rings. The van der Waals surface area contributed by atoms with Crippen LogP contribution >= 0.6 is 0 Å². The van der Waals surface area contributed by atoms with E-state index in [2.05, 4.69) is 25.5 Å². The largest absolute Gasteiger partial charge is 0.507 e. The summed E-state index contributed by atoms with van der Waals surface area (Å²) in [5, 5.41) is 22.2. The predicted octanol–water partition coefficient (Wildman–Crippen LogP) is 3.61. The number of rotatable bonds is 4. The first-order valence-electron chi connectivity index (χ1n) is 10.6. The molecule has 0 aliphatic carbocycles. The van der Waals surface area contributed by atoms with Gasteiger partial charge in [0.1, 0.15) is 11.9 Å². The molecule has 2 saturated heterocycles. The normalized spacial score (nSPS) is 25.2. The van der Waals surface area contributed by atoms with Gasteiger partial charge in [-0.05, 0) is 38.0 Å². The lowest BCUT2D eigenvalue weighted by Crippen LogP contribution is -2.59. The highest BCUT2D eigenvalue weighted by atomic mass is 19.1. The SMILES string of the molecule is Cc1cncc(-c2ccc(-c3ccc(O[C@@H]4CC5CCCC(N5)[C@@H]4F)nn3)c(O)c2)n1. The molecule has 7 nitrogen and oxygen atoms in total. The molecule has 0 spiro atoms. The third-order valence-corrected chi connectivity index (χ3v) is 6.01. The van der Waals surface area contributed by atoms with Gasteiger partial charge >= 0.3 is 0 Å². The number of piperidine rings is 2. The third-order valence-electron chi connectivity index (χ3n) is 6.01. The summed E-state index contributed by atoms with van der Waals surface area (Å²) < 4.78 is 20.6. The molecule has 4 heterocycles. The summed E-state index contributed by atoms with van der Waals surface area (Å²) in [6.07, 6.45) is 5.34. The van der Waals surface area contributed by atoms with Crippen molar-refractivity contribution < 1.29 is 14.2 Å². The molecule has 8 heteroatoms. The maximum atomic E-state index is 14.7. The average Bonchev–Trinajstić information content (AvgIpc) is 2.78. The van der Waals surface area contributed by atoms with E-state index in [4.69, 9.17) is 4.74 Å². The van der Waals surface area contributed by atoms with Gasteiger partial charge in [-0.1, -0.05) is 12.5 Å². The predicted molar refractivity (Wildman–Crippen MR) is 113 cm³/mol. The summed E-state index contributed by atoms with van der Waals surface area (Å²) in [4.78, 5) is 8.57. The molecule has 1 aromatic carbocycles. The second-order valence-electron chi connectivity index (χ2n) is 8.27. The van der Waals surface area contributed by atoms with Gasteiger partial charge in [0.15, 0.2) is 6.17 Å². The first kappa shape index (κ1) is 19.8. The number of hydrogen-bond donors (Lipinski definition) is 2. The van der Waals surface area contributed by atoms with Gasteiger partial charge in [-0.2, -0.15) is 0 Å². The Morgan fingerprint density at radius 3 is 2.77 bits per heavy atom. The zero-order chi connectivity index (χ0) is 21.4. The summed E-state index contributed by atoms with van der Waals surface area (Å²) in [7, 11) is 0. The van der Waals surface area contributed by atoms with Gasteiger partial charge < -0.3 is 15.2 Å². The van der Waals surface area contributed by atoms with Crippen LogP contribution in [0.4, 0.5) is 4.39 Å². The lowest BCUT2D eigenvalue weighted by Gasteiger charge is -2.42. The van der Waals surface area contributed by atoms with Crippen molar-refractivity contribution in [3.05, 3.63) is 48.4 Å². The van der Waals surface area contributed by atoms with Crippen LogP contribution in [0.2, 0.25) is 0 Å². The molecule has 3 aromatic rings. The Bertz CT molecular complexity index is 1080. The molecule has 2 N–H and O–H groups in total. The molecule has 2 unspecified atom stereocenters. The van der Waals surface area contributed by atoms with E-state index in [9.17, 15) is 9.50 Å². The smallest absolute Gasteiger partial charge is 0.233 e. The van der Waals surface area contributed by atoms with E-state index in [1.54, 1.807) is 36.7 Å². The number of alkyl halides is 1. The number of nitrogens with one attached hydrogen (secondary N) is 1. The van der Waals surface area contributed by atoms with E-state index in [-0.39, 0.29) is 11.8 Å². The maximum Gasteiger partial charge on any atom is 0.233 e. The number of halogens is 1. The molecule has 0 saturated carbocycles. The molecule has 5 rings (SSSR count). The van der Waals surface area contributed by atoms with Crippen LogP contribution in [0, 0.1) is 6.92 Å². The van der Waals surface area contributed by atoms with Crippen molar-refractivity contribution in [3.63, 3.8) is 0 Å². The number of aryl methyl sites for hydroxylation is 1. The highest BCUT2D eigenvalue weighted by Crippen LogP contribution is 2.33. The fraction of sp³-hybridized carbons (Fsp3) is 0.391. The Labute approximate surface area is 179 Å². The monoisotopic (exact) mass is 421 g/mol. The van der Waals surface area contributed by atoms with Crippen LogP contribution in [-0.4, -0.2) is 49.6 Å². The number of phenols is 1. The lowest BCUT2D eigenvalue weighted by atomic mass is 9.84. The topological polar surface area (TPSA) is 93.0 Å². The standard InChI is InChI=1S/C23H24FN5O2/c1-13-11-25-12-19(26-13)14-5-6-16(20(30)9-14)17-7-8-22(29-28-17)31-21-10-15-3-2-4-18(27-15)23(21)24/h5-9,11-12,15,18,21,23,27,30H,2-4,10H2,1H3/t15?,18?,21-,23+/m1/s1. The van der Waals surface area contributed by atoms with Crippen molar-refractivity contribution in [2.24, 2.45) is 0 Å². The van der Waals surface area contributed by atoms with Crippen molar-refractivity contribution in [1.29, 1.82) is 0 Å². The zero-order valence-electron chi connectivity index (χ0n) is 17.2. The Balaban J connectivity index is 1.32. The minimum absolute atomic E-state index is 0.0683. The van der Waals surface area contributed by atoms with Crippen molar-refractivity contribution >= 4 is 0 Å². The fourth-order valence-corrected chi connectivity index (χ4v) is 4.47. The van der Waals surface area contributed by atoms with Crippen molar-refractivity contribution in [2.45, 2.75) is 57.0 Å². The van der Waals surface area contributed by atoms with Crippen LogP contribution in [0.15, 0.2) is 42.7 Å². The van der Waals surface area contributed by atoms with E-state index in [1.165, 1.54) is 0 Å². The van der Waals surface area contributed by atoms with Crippen LogP contribution in [-0.2, 0) is 0 Å². The summed E-state index contributed by atoms with van der Waals surface area (Å²) in [6, 6.07) is 8.81. The quantitative estimate of drug-likeness (QED) is 0.665. The Kier molecular flexibility index (Phi) is 5.23. The first-order valence-corrected chi connectivity index (χ1v) is 10.6. The van der Waals surface area contributed by atoms with Crippen molar-refractivity contribution in [2.75, 3.05) is 0 Å². The number of nitrogens with zero attached hydrogens (tertiary/aromatic N) is 4. The van der Waals surface area contributed by atoms with Gasteiger partial charge in [-0.15, -0.1) is 10.2 Å². The highest BCUT2D eigenvalue weighted by Gasteiger charge is 2.41.